The molecule has 0 aromatic rings. The van der Waals surface area contributed by atoms with Gasteiger partial charge in [-0.25, -0.2) is 0 Å². The Bertz CT molecular complexity index is 823. The fourth-order valence-corrected chi connectivity index (χ4v) is 8.66. The van der Waals surface area contributed by atoms with Crippen LogP contribution in [0.5, 0.6) is 0 Å². The second kappa shape index (κ2) is 8.76. The van der Waals surface area contributed by atoms with Gasteiger partial charge in [0.05, 0.1) is 5.71 Å². The lowest BCUT2D eigenvalue weighted by atomic mass is 9.46. The summed E-state index contributed by atoms with van der Waals surface area (Å²) >= 11 is 0. The fourth-order valence-electron chi connectivity index (χ4n) is 8.66. The van der Waals surface area contributed by atoms with Crippen molar-refractivity contribution in [3.05, 3.63) is 23.8 Å². The minimum atomic E-state index is -0.0370. The third kappa shape index (κ3) is 3.72. The van der Waals surface area contributed by atoms with Gasteiger partial charge >= 0.3 is 0 Å². The number of carbonyl (C=O) groups is 1. The molecule has 3 heteroatoms. The maximum absolute atomic E-state index is 13.3. The van der Waals surface area contributed by atoms with Gasteiger partial charge in [0.15, 0.2) is 5.78 Å². The largest absolute Gasteiger partial charge is 0.411 e. The van der Waals surface area contributed by atoms with Crippen molar-refractivity contribution in [2.24, 2.45) is 57.4 Å². The number of rotatable bonds is 5. The summed E-state index contributed by atoms with van der Waals surface area (Å²) < 4.78 is 0. The number of ketones is 1. The fraction of sp³-hybridized carbons (Fsp3) is 0.793. The highest BCUT2D eigenvalue weighted by atomic mass is 16.4. The van der Waals surface area contributed by atoms with Crippen LogP contribution in [0.4, 0.5) is 0 Å². The van der Waals surface area contributed by atoms with E-state index >= 15 is 0 Å². The van der Waals surface area contributed by atoms with Gasteiger partial charge < -0.3 is 5.21 Å². The van der Waals surface area contributed by atoms with Crippen molar-refractivity contribution in [3.8, 4) is 0 Å². The van der Waals surface area contributed by atoms with Crippen LogP contribution in [0.1, 0.15) is 92.9 Å². The summed E-state index contributed by atoms with van der Waals surface area (Å²) in [7, 11) is 0. The Labute approximate surface area is 195 Å². The summed E-state index contributed by atoms with van der Waals surface area (Å²) in [4.78, 5) is 13.3. The molecule has 0 radical (unpaired) electrons. The van der Waals surface area contributed by atoms with Crippen LogP contribution in [-0.2, 0) is 4.79 Å². The maximum atomic E-state index is 13.3. The minimum absolute atomic E-state index is 0.0370. The first kappa shape index (κ1) is 23.8. The predicted octanol–water partition coefficient (Wildman–Crippen LogP) is 7.45. The lowest BCUT2D eigenvalue weighted by molar-refractivity contribution is -0.128. The van der Waals surface area contributed by atoms with Crippen molar-refractivity contribution < 1.29 is 10.0 Å². The van der Waals surface area contributed by atoms with Crippen LogP contribution in [0.25, 0.3) is 0 Å². The molecule has 3 fully saturated rings. The van der Waals surface area contributed by atoms with Crippen LogP contribution < -0.4 is 0 Å². The highest BCUT2D eigenvalue weighted by molar-refractivity contribution is 6.07. The number of oxime groups is 1. The molecule has 1 N–H and O–H groups in total. The standard InChI is InChI=1S/C29H45NO2/c1-7-20(18(2)3)9-8-19(4)23-10-11-24-22-17-27(31)26-16-21(30-32)12-14-29(26,6)25(22)13-15-28(23,24)5/h8-9,16,18-20,22-25,32H,7,10-15,17H2,1-6H3/b9-8+,30-21+/t19-,20?,22+,23-,24+,25+,28-,29-/m1/s1. The molecule has 0 spiro atoms. The van der Waals surface area contributed by atoms with Crippen molar-refractivity contribution in [2.45, 2.75) is 92.9 Å². The molecular formula is C29H45NO2. The lowest BCUT2D eigenvalue weighted by Gasteiger charge is -2.58. The van der Waals surface area contributed by atoms with E-state index in [0.29, 0.717) is 58.8 Å². The third-order valence-corrected chi connectivity index (χ3v) is 10.6. The number of hydrogen-bond acceptors (Lipinski definition) is 3. The van der Waals surface area contributed by atoms with Gasteiger partial charge in [0.25, 0.3) is 0 Å². The zero-order valence-corrected chi connectivity index (χ0v) is 21.2. The molecule has 8 atom stereocenters. The molecule has 0 heterocycles. The zero-order valence-electron chi connectivity index (χ0n) is 21.2. The molecule has 0 aromatic heterocycles. The topological polar surface area (TPSA) is 49.7 Å². The average molecular weight is 440 g/mol. The van der Waals surface area contributed by atoms with Gasteiger partial charge in [-0.2, -0.15) is 0 Å². The lowest BCUT2D eigenvalue weighted by Crippen LogP contribution is -2.53. The highest BCUT2D eigenvalue weighted by Gasteiger charge is 2.60. The Morgan fingerprint density at radius 2 is 1.88 bits per heavy atom. The van der Waals surface area contributed by atoms with E-state index in [1.807, 2.05) is 6.08 Å². The van der Waals surface area contributed by atoms with Gasteiger partial charge in [-0.15, -0.1) is 0 Å². The number of carbonyl (C=O) groups excluding carboxylic acids is 1. The highest BCUT2D eigenvalue weighted by Crippen LogP contribution is 2.67. The van der Waals surface area contributed by atoms with Crippen LogP contribution in [0.3, 0.4) is 0 Å². The van der Waals surface area contributed by atoms with Gasteiger partial charge in [0.2, 0.25) is 0 Å². The molecule has 3 nitrogen and oxygen atoms in total. The van der Waals surface area contributed by atoms with E-state index in [2.05, 4.69) is 58.9 Å². The van der Waals surface area contributed by atoms with E-state index in [1.54, 1.807) is 0 Å². The van der Waals surface area contributed by atoms with Crippen LogP contribution in [0, 0.1) is 52.3 Å². The SMILES string of the molecule is CCC(/C=C/[C@@H](C)[C@H]1CC[C@H]2[C@@H]3CC(=O)C4=C/C(=N/O)CC[C@]4(C)[C@H]3CC[C@]12C)C(C)C. The Kier molecular flexibility index (Phi) is 6.51. The molecule has 32 heavy (non-hydrogen) atoms. The zero-order chi connectivity index (χ0) is 23.3. The van der Waals surface area contributed by atoms with Crippen molar-refractivity contribution >= 4 is 11.5 Å². The Morgan fingerprint density at radius 3 is 2.53 bits per heavy atom. The van der Waals surface area contributed by atoms with E-state index in [-0.39, 0.29) is 5.41 Å². The maximum Gasteiger partial charge on any atom is 0.159 e. The number of fused-ring (bicyclic) bond motifs is 5. The van der Waals surface area contributed by atoms with Gasteiger partial charge in [0, 0.05) is 12.0 Å². The summed E-state index contributed by atoms with van der Waals surface area (Å²) in [5, 5.41) is 12.7. The molecular weight excluding hydrogens is 394 g/mol. The first-order valence-corrected chi connectivity index (χ1v) is 13.3. The van der Waals surface area contributed by atoms with Gasteiger partial charge in [-0.3, -0.25) is 4.79 Å². The smallest absolute Gasteiger partial charge is 0.159 e. The number of Topliss-reactive ketones (excluding diaryl/α,β-unsaturated/α-hetero) is 1. The summed E-state index contributed by atoms with van der Waals surface area (Å²) in [6, 6.07) is 0. The van der Waals surface area contributed by atoms with Gasteiger partial charge in [0.1, 0.15) is 0 Å². The monoisotopic (exact) mass is 439 g/mol. The second-order valence-electron chi connectivity index (χ2n) is 12.4. The Morgan fingerprint density at radius 1 is 1.12 bits per heavy atom. The van der Waals surface area contributed by atoms with E-state index in [1.165, 1.54) is 32.1 Å². The minimum Gasteiger partial charge on any atom is -0.411 e. The van der Waals surface area contributed by atoms with Crippen molar-refractivity contribution in [2.75, 3.05) is 0 Å². The van der Waals surface area contributed by atoms with Crippen LogP contribution in [0.2, 0.25) is 0 Å². The molecule has 0 aromatic carbocycles. The molecule has 4 aliphatic carbocycles. The van der Waals surface area contributed by atoms with E-state index in [9.17, 15) is 10.0 Å². The second-order valence-corrected chi connectivity index (χ2v) is 12.4. The molecule has 0 amide bonds. The predicted molar refractivity (Wildman–Crippen MR) is 132 cm³/mol. The van der Waals surface area contributed by atoms with Crippen LogP contribution >= 0.6 is 0 Å². The van der Waals surface area contributed by atoms with Gasteiger partial charge in [-0.1, -0.05) is 58.9 Å². The number of allylic oxidation sites excluding steroid dienone is 4. The normalized spacial score (nSPS) is 42.5. The van der Waals surface area contributed by atoms with Crippen LogP contribution in [0.15, 0.2) is 29.0 Å². The molecule has 178 valence electrons. The Balaban J connectivity index is 1.56. The van der Waals surface area contributed by atoms with E-state index in [0.717, 1.165) is 24.3 Å². The quantitative estimate of drug-likeness (QED) is 0.275. The summed E-state index contributed by atoms with van der Waals surface area (Å²) in [6.45, 7) is 14.3. The molecule has 1 unspecified atom stereocenters. The molecule has 4 aliphatic rings. The number of nitrogens with zero attached hydrogens (tertiary/aromatic N) is 1. The van der Waals surface area contributed by atoms with Crippen molar-refractivity contribution in [1.82, 2.24) is 0 Å². The summed E-state index contributed by atoms with van der Waals surface area (Å²) in [6.07, 6.45) is 15.7. The number of hydrogen-bond donors (Lipinski definition) is 1. The average Bonchev–Trinajstić information content (AvgIpc) is 3.11. The molecule has 0 aliphatic heterocycles. The van der Waals surface area contributed by atoms with E-state index in [4.69, 9.17) is 0 Å². The van der Waals surface area contributed by atoms with Gasteiger partial charge in [-0.05, 0) is 103 Å². The van der Waals surface area contributed by atoms with Crippen LogP contribution in [-0.4, -0.2) is 16.7 Å². The third-order valence-electron chi connectivity index (χ3n) is 10.6. The molecule has 0 bridgehead atoms. The van der Waals surface area contributed by atoms with Crippen molar-refractivity contribution in [1.29, 1.82) is 0 Å². The Hall–Kier alpha value is -1.38. The summed E-state index contributed by atoms with van der Waals surface area (Å²) in [5.41, 5.74) is 1.95. The first-order valence-electron chi connectivity index (χ1n) is 13.3. The molecule has 4 rings (SSSR count). The summed E-state index contributed by atoms with van der Waals surface area (Å²) in [5.74, 6) is 4.83. The van der Waals surface area contributed by atoms with E-state index < -0.39 is 0 Å². The molecule has 0 saturated heterocycles. The molecule has 3 saturated carbocycles. The first-order chi connectivity index (χ1) is 15.2. The van der Waals surface area contributed by atoms with Crippen molar-refractivity contribution in [3.63, 3.8) is 0 Å².